The summed E-state index contributed by atoms with van der Waals surface area (Å²) in [4.78, 5) is 16.8. The van der Waals surface area contributed by atoms with Crippen LogP contribution in [0.4, 0.5) is 4.79 Å². The molecule has 2 heterocycles. The third-order valence-corrected chi connectivity index (χ3v) is 5.95. The highest BCUT2D eigenvalue weighted by Crippen LogP contribution is 2.17. The van der Waals surface area contributed by atoms with Crippen molar-refractivity contribution >= 4 is 17.8 Å². The Kier molecular flexibility index (Phi) is 6.85. The molecule has 2 aliphatic rings. The van der Waals surface area contributed by atoms with Crippen molar-refractivity contribution in [1.82, 2.24) is 15.1 Å². The van der Waals surface area contributed by atoms with Crippen molar-refractivity contribution in [3.63, 3.8) is 0 Å². The van der Waals surface area contributed by atoms with E-state index < -0.39 is 0 Å². The summed E-state index contributed by atoms with van der Waals surface area (Å²) in [5, 5.41) is 3.17. The maximum Gasteiger partial charge on any atom is 0.317 e. The fourth-order valence-electron chi connectivity index (χ4n) is 3.56. The van der Waals surface area contributed by atoms with Crippen molar-refractivity contribution in [3.05, 3.63) is 35.9 Å². The van der Waals surface area contributed by atoms with E-state index in [1.807, 2.05) is 16.7 Å². The number of likely N-dealkylation sites (tertiary alicyclic amines) is 1. The molecule has 24 heavy (non-hydrogen) atoms. The lowest BCUT2D eigenvalue weighted by molar-refractivity contribution is 0.167. The smallest absolute Gasteiger partial charge is 0.317 e. The van der Waals surface area contributed by atoms with E-state index in [2.05, 4.69) is 40.5 Å². The third-order valence-electron chi connectivity index (χ3n) is 5.00. The van der Waals surface area contributed by atoms with Gasteiger partial charge in [0.05, 0.1) is 0 Å². The monoisotopic (exact) mass is 347 g/mol. The summed E-state index contributed by atoms with van der Waals surface area (Å²) < 4.78 is 0. The first-order chi connectivity index (χ1) is 11.8. The van der Waals surface area contributed by atoms with Crippen molar-refractivity contribution in [3.8, 4) is 0 Å². The van der Waals surface area contributed by atoms with Gasteiger partial charge in [-0.05, 0) is 37.3 Å². The zero-order valence-corrected chi connectivity index (χ0v) is 15.3. The molecule has 132 valence electrons. The lowest BCUT2D eigenvalue weighted by Gasteiger charge is -2.33. The average Bonchev–Trinajstić information content (AvgIpc) is 2.66. The zero-order valence-electron chi connectivity index (χ0n) is 14.5. The number of nitrogens with one attached hydrogen (secondary N) is 1. The van der Waals surface area contributed by atoms with E-state index in [9.17, 15) is 4.79 Å². The van der Waals surface area contributed by atoms with E-state index >= 15 is 0 Å². The van der Waals surface area contributed by atoms with Crippen LogP contribution in [0.5, 0.6) is 0 Å². The van der Waals surface area contributed by atoms with Crippen molar-refractivity contribution in [2.24, 2.45) is 5.92 Å². The van der Waals surface area contributed by atoms with Crippen LogP contribution in [0.25, 0.3) is 0 Å². The minimum Gasteiger partial charge on any atom is -0.338 e. The molecule has 3 rings (SSSR count). The SMILES string of the molecule is O=C(NC[C@@H]1CCCN(CCc2ccccc2)C1)N1CCSCC1. The van der Waals surface area contributed by atoms with Crippen LogP contribution in [0.2, 0.25) is 0 Å². The highest BCUT2D eigenvalue weighted by Gasteiger charge is 2.22. The second-order valence-electron chi connectivity index (χ2n) is 6.83. The van der Waals surface area contributed by atoms with Crippen LogP contribution < -0.4 is 5.32 Å². The Morgan fingerprint density at radius 1 is 1.17 bits per heavy atom. The van der Waals surface area contributed by atoms with E-state index in [0.717, 1.165) is 50.7 Å². The Hall–Kier alpha value is -1.20. The highest BCUT2D eigenvalue weighted by molar-refractivity contribution is 7.99. The van der Waals surface area contributed by atoms with Gasteiger partial charge in [0, 0.05) is 44.2 Å². The van der Waals surface area contributed by atoms with Gasteiger partial charge in [-0.15, -0.1) is 0 Å². The van der Waals surface area contributed by atoms with Crippen LogP contribution in [-0.4, -0.2) is 66.6 Å². The van der Waals surface area contributed by atoms with Crippen molar-refractivity contribution < 1.29 is 4.79 Å². The van der Waals surface area contributed by atoms with Crippen LogP contribution in [0.3, 0.4) is 0 Å². The van der Waals surface area contributed by atoms with Gasteiger partial charge in [-0.1, -0.05) is 30.3 Å². The van der Waals surface area contributed by atoms with E-state index in [1.54, 1.807) is 0 Å². The molecule has 2 fully saturated rings. The molecule has 0 radical (unpaired) electrons. The summed E-state index contributed by atoms with van der Waals surface area (Å²) in [5.41, 5.74) is 1.41. The molecule has 0 aromatic heterocycles. The summed E-state index contributed by atoms with van der Waals surface area (Å²) in [6.07, 6.45) is 3.60. The molecule has 0 aliphatic carbocycles. The second kappa shape index (κ2) is 9.33. The fraction of sp³-hybridized carbons (Fsp3) is 0.632. The first-order valence-electron chi connectivity index (χ1n) is 9.18. The van der Waals surface area contributed by atoms with Crippen molar-refractivity contribution in [1.29, 1.82) is 0 Å². The number of hydrogen-bond donors (Lipinski definition) is 1. The Labute approximate surface area is 150 Å². The summed E-state index contributed by atoms with van der Waals surface area (Å²) in [6.45, 7) is 6.04. The van der Waals surface area contributed by atoms with Gasteiger partial charge in [0.1, 0.15) is 0 Å². The van der Waals surface area contributed by atoms with Gasteiger partial charge in [-0.2, -0.15) is 11.8 Å². The molecule has 2 amide bonds. The number of nitrogens with zero attached hydrogens (tertiary/aromatic N) is 2. The average molecular weight is 348 g/mol. The van der Waals surface area contributed by atoms with Gasteiger partial charge >= 0.3 is 6.03 Å². The molecule has 1 atom stereocenters. The first kappa shape index (κ1) is 17.6. The molecule has 1 aromatic rings. The molecule has 5 heteroatoms. The van der Waals surface area contributed by atoms with Gasteiger partial charge in [0.15, 0.2) is 0 Å². The molecule has 0 spiro atoms. The zero-order chi connectivity index (χ0) is 16.6. The number of rotatable bonds is 5. The number of piperidine rings is 1. The molecule has 1 aromatic carbocycles. The molecular weight excluding hydrogens is 318 g/mol. The minimum atomic E-state index is 0.136. The Bertz CT molecular complexity index is 505. The molecule has 2 aliphatic heterocycles. The molecule has 1 N–H and O–H groups in total. The largest absolute Gasteiger partial charge is 0.338 e. The van der Waals surface area contributed by atoms with Crippen LogP contribution >= 0.6 is 11.8 Å². The number of urea groups is 1. The standard InChI is InChI=1S/C19H29N3OS/c23-19(22-11-13-24-14-12-22)20-15-18-7-4-9-21(16-18)10-8-17-5-2-1-3-6-17/h1-3,5-6,18H,4,7-16H2,(H,20,23)/t18-/m0/s1. The molecule has 2 saturated heterocycles. The quantitative estimate of drug-likeness (QED) is 0.889. The fourth-order valence-corrected chi connectivity index (χ4v) is 4.47. The lowest BCUT2D eigenvalue weighted by Crippen LogP contribution is -2.47. The van der Waals surface area contributed by atoms with Crippen LogP contribution in [-0.2, 0) is 6.42 Å². The minimum absolute atomic E-state index is 0.136. The van der Waals surface area contributed by atoms with Crippen molar-refractivity contribution in [2.45, 2.75) is 19.3 Å². The van der Waals surface area contributed by atoms with Crippen LogP contribution in [0.15, 0.2) is 30.3 Å². The molecular formula is C19H29N3OS. The van der Waals surface area contributed by atoms with Gasteiger partial charge in [0.2, 0.25) is 0 Å². The van der Waals surface area contributed by atoms with Gasteiger partial charge in [-0.3, -0.25) is 0 Å². The lowest BCUT2D eigenvalue weighted by atomic mass is 9.97. The predicted molar refractivity (Wildman–Crippen MR) is 102 cm³/mol. The van der Waals surface area contributed by atoms with Crippen LogP contribution in [0, 0.1) is 5.92 Å². The molecule has 0 saturated carbocycles. The van der Waals surface area contributed by atoms with Crippen LogP contribution in [0.1, 0.15) is 18.4 Å². The summed E-state index contributed by atoms with van der Waals surface area (Å²) in [6, 6.07) is 10.9. The van der Waals surface area contributed by atoms with E-state index in [0.29, 0.717) is 5.92 Å². The van der Waals surface area contributed by atoms with E-state index in [4.69, 9.17) is 0 Å². The summed E-state index contributed by atoms with van der Waals surface area (Å²) >= 11 is 1.94. The van der Waals surface area contributed by atoms with Gasteiger partial charge in [0.25, 0.3) is 0 Å². The number of carbonyl (C=O) groups excluding carboxylic acids is 1. The molecule has 0 bridgehead atoms. The first-order valence-corrected chi connectivity index (χ1v) is 10.3. The van der Waals surface area contributed by atoms with Gasteiger partial charge < -0.3 is 15.1 Å². The normalized spacial score (nSPS) is 22.3. The number of hydrogen-bond acceptors (Lipinski definition) is 3. The number of amides is 2. The third kappa shape index (κ3) is 5.42. The number of thioether (sulfide) groups is 1. The van der Waals surface area contributed by atoms with E-state index in [1.165, 1.54) is 24.9 Å². The Balaban J connectivity index is 1.38. The number of benzene rings is 1. The summed E-state index contributed by atoms with van der Waals surface area (Å²) in [7, 11) is 0. The molecule has 0 unspecified atom stereocenters. The number of carbonyl (C=O) groups is 1. The van der Waals surface area contributed by atoms with Gasteiger partial charge in [-0.25, -0.2) is 4.79 Å². The highest BCUT2D eigenvalue weighted by atomic mass is 32.2. The van der Waals surface area contributed by atoms with E-state index in [-0.39, 0.29) is 6.03 Å². The second-order valence-corrected chi connectivity index (χ2v) is 8.05. The topological polar surface area (TPSA) is 35.6 Å². The predicted octanol–water partition coefficient (Wildman–Crippen LogP) is 2.70. The Morgan fingerprint density at radius 2 is 1.96 bits per heavy atom. The maximum atomic E-state index is 12.2. The summed E-state index contributed by atoms with van der Waals surface area (Å²) in [5.74, 6) is 2.74. The molecule has 4 nitrogen and oxygen atoms in total. The Morgan fingerprint density at radius 3 is 2.75 bits per heavy atom. The maximum absolute atomic E-state index is 12.2. The van der Waals surface area contributed by atoms with Crippen molar-refractivity contribution in [2.75, 3.05) is 50.8 Å².